The van der Waals surface area contributed by atoms with Gasteiger partial charge in [0, 0.05) is 5.92 Å². The van der Waals surface area contributed by atoms with Crippen LogP contribution in [0.2, 0.25) is 0 Å². The number of hydrogen-bond donors (Lipinski definition) is 1. The van der Waals surface area contributed by atoms with Gasteiger partial charge in [-0.2, -0.15) is 0 Å². The number of hydrogen-bond acceptors (Lipinski definition) is 6. The number of para-hydroxylation sites is 1. The van der Waals surface area contributed by atoms with Gasteiger partial charge in [-0.1, -0.05) is 32.0 Å². The molecular formula is C23H25N3O6. The van der Waals surface area contributed by atoms with Gasteiger partial charge in [0.1, 0.15) is 17.5 Å². The smallest absolute Gasteiger partial charge is 0.276 e. The first-order valence-electron chi connectivity index (χ1n) is 10.1. The van der Waals surface area contributed by atoms with Crippen molar-refractivity contribution in [1.82, 2.24) is 10.4 Å². The third kappa shape index (κ3) is 5.05. The molecule has 9 heteroatoms. The van der Waals surface area contributed by atoms with Crippen molar-refractivity contribution in [2.24, 2.45) is 5.92 Å². The Morgan fingerprint density at radius 3 is 2.31 bits per heavy atom. The number of carbonyl (C=O) groups excluding carboxylic acids is 4. The minimum Gasteiger partial charge on any atom is -0.497 e. The summed E-state index contributed by atoms with van der Waals surface area (Å²) in [5.41, 5.74) is 2.81. The highest BCUT2D eigenvalue weighted by molar-refractivity contribution is 6.23. The SMILES string of the molecule is COc1ccc(N2C(=O)CC(N(NC(=O)COc3ccccc3)C(=O)C(C)C)C2=O)cc1. The Bertz CT molecular complexity index is 991. The molecule has 1 saturated heterocycles. The van der Waals surface area contributed by atoms with Gasteiger partial charge in [-0.25, -0.2) is 9.91 Å². The molecule has 1 heterocycles. The summed E-state index contributed by atoms with van der Waals surface area (Å²) in [5.74, 6) is -1.62. The average Bonchev–Trinajstić information content (AvgIpc) is 3.09. The van der Waals surface area contributed by atoms with Crippen LogP contribution in [0.1, 0.15) is 20.3 Å². The standard InChI is InChI=1S/C23H25N3O6/c1-15(2)22(29)26(24-20(27)14-32-18-7-5-4-6-8-18)19-13-21(28)25(23(19)30)16-9-11-17(31-3)12-10-16/h4-12,15,19H,13-14H2,1-3H3,(H,24,27). The number of amides is 4. The van der Waals surface area contributed by atoms with E-state index >= 15 is 0 Å². The van der Waals surface area contributed by atoms with E-state index < -0.39 is 35.6 Å². The molecule has 0 spiro atoms. The van der Waals surface area contributed by atoms with Gasteiger partial charge in [0.15, 0.2) is 6.61 Å². The molecular weight excluding hydrogens is 414 g/mol. The minimum atomic E-state index is -1.15. The predicted molar refractivity (Wildman–Crippen MR) is 116 cm³/mol. The quantitative estimate of drug-likeness (QED) is 0.522. The fraction of sp³-hybridized carbons (Fsp3) is 0.304. The third-order valence-corrected chi connectivity index (χ3v) is 4.85. The zero-order valence-electron chi connectivity index (χ0n) is 18.1. The molecule has 1 unspecified atom stereocenters. The van der Waals surface area contributed by atoms with E-state index in [4.69, 9.17) is 9.47 Å². The summed E-state index contributed by atoms with van der Waals surface area (Å²) in [4.78, 5) is 52.0. The maximum atomic E-state index is 13.1. The van der Waals surface area contributed by atoms with Gasteiger partial charge in [-0.05, 0) is 36.4 Å². The van der Waals surface area contributed by atoms with Crippen LogP contribution in [0.15, 0.2) is 54.6 Å². The first-order valence-corrected chi connectivity index (χ1v) is 10.1. The maximum absolute atomic E-state index is 13.1. The number of nitrogens with one attached hydrogen (secondary N) is 1. The molecule has 0 bridgehead atoms. The lowest BCUT2D eigenvalue weighted by molar-refractivity contribution is -0.150. The summed E-state index contributed by atoms with van der Waals surface area (Å²) in [7, 11) is 1.51. The second kappa shape index (κ2) is 9.95. The van der Waals surface area contributed by atoms with Crippen LogP contribution in [-0.4, -0.2) is 48.4 Å². The van der Waals surface area contributed by atoms with Crippen molar-refractivity contribution in [3.8, 4) is 11.5 Å². The lowest BCUT2D eigenvalue weighted by Crippen LogP contribution is -2.56. The Hall–Kier alpha value is -3.88. The number of rotatable bonds is 7. The van der Waals surface area contributed by atoms with Crippen LogP contribution < -0.4 is 19.8 Å². The number of anilines is 1. The van der Waals surface area contributed by atoms with Crippen molar-refractivity contribution in [2.45, 2.75) is 26.3 Å². The molecule has 1 fully saturated rings. The Morgan fingerprint density at radius 2 is 1.72 bits per heavy atom. The molecule has 1 atom stereocenters. The molecule has 1 aliphatic rings. The molecule has 0 aliphatic carbocycles. The normalized spacial score (nSPS) is 15.6. The Kier molecular flexibility index (Phi) is 7.09. The average molecular weight is 439 g/mol. The largest absolute Gasteiger partial charge is 0.497 e. The number of hydrazine groups is 1. The van der Waals surface area contributed by atoms with E-state index in [9.17, 15) is 19.2 Å². The molecule has 2 aromatic carbocycles. The number of carbonyl (C=O) groups is 4. The summed E-state index contributed by atoms with van der Waals surface area (Å²) in [6, 6.07) is 14.0. The van der Waals surface area contributed by atoms with Gasteiger partial charge in [-0.3, -0.25) is 24.6 Å². The van der Waals surface area contributed by atoms with E-state index in [2.05, 4.69) is 5.43 Å². The highest BCUT2D eigenvalue weighted by atomic mass is 16.5. The second-order valence-electron chi connectivity index (χ2n) is 7.48. The number of nitrogens with zero attached hydrogens (tertiary/aromatic N) is 2. The van der Waals surface area contributed by atoms with E-state index in [-0.39, 0.29) is 13.0 Å². The molecule has 0 saturated carbocycles. The first kappa shape index (κ1) is 22.8. The zero-order valence-corrected chi connectivity index (χ0v) is 18.1. The van der Waals surface area contributed by atoms with E-state index in [0.29, 0.717) is 17.2 Å². The molecule has 2 aromatic rings. The van der Waals surface area contributed by atoms with Crippen LogP contribution in [0.3, 0.4) is 0 Å². The first-order chi connectivity index (χ1) is 15.3. The van der Waals surface area contributed by atoms with Crippen molar-refractivity contribution < 1.29 is 28.7 Å². The third-order valence-electron chi connectivity index (χ3n) is 4.85. The molecule has 0 aromatic heterocycles. The summed E-state index contributed by atoms with van der Waals surface area (Å²) in [6.45, 7) is 2.93. The van der Waals surface area contributed by atoms with Crippen molar-refractivity contribution in [1.29, 1.82) is 0 Å². The van der Waals surface area contributed by atoms with E-state index in [1.165, 1.54) is 7.11 Å². The molecule has 168 valence electrons. The highest BCUT2D eigenvalue weighted by Gasteiger charge is 2.45. The molecule has 1 aliphatic heterocycles. The zero-order chi connectivity index (χ0) is 23.3. The Balaban J connectivity index is 1.76. The number of methoxy groups -OCH3 is 1. The van der Waals surface area contributed by atoms with Crippen molar-refractivity contribution >= 4 is 29.3 Å². The van der Waals surface area contributed by atoms with Gasteiger partial charge in [0.25, 0.3) is 11.8 Å². The molecule has 4 amide bonds. The Labute approximate surface area is 185 Å². The van der Waals surface area contributed by atoms with Crippen molar-refractivity contribution in [3.63, 3.8) is 0 Å². The van der Waals surface area contributed by atoms with Crippen LogP contribution in [0, 0.1) is 5.92 Å². The highest BCUT2D eigenvalue weighted by Crippen LogP contribution is 2.27. The maximum Gasteiger partial charge on any atom is 0.276 e. The molecule has 1 N–H and O–H groups in total. The predicted octanol–water partition coefficient (Wildman–Crippen LogP) is 1.92. The monoisotopic (exact) mass is 439 g/mol. The van der Waals surface area contributed by atoms with Gasteiger partial charge in [0.2, 0.25) is 11.8 Å². The fourth-order valence-corrected chi connectivity index (χ4v) is 3.22. The van der Waals surface area contributed by atoms with E-state index in [0.717, 1.165) is 9.91 Å². The summed E-state index contributed by atoms with van der Waals surface area (Å²) in [5, 5.41) is 0.950. The summed E-state index contributed by atoms with van der Waals surface area (Å²) in [6.07, 6.45) is -0.247. The summed E-state index contributed by atoms with van der Waals surface area (Å²) < 4.78 is 10.5. The molecule has 3 rings (SSSR count). The number of ether oxygens (including phenoxy) is 2. The van der Waals surface area contributed by atoms with Crippen molar-refractivity contribution in [3.05, 3.63) is 54.6 Å². The van der Waals surface area contributed by atoms with Crippen LogP contribution in [0.5, 0.6) is 11.5 Å². The second-order valence-corrected chi connectivity index (χ2v) is 7.48. The molecule has 0 radical (unpaired) electrons. The van der Waals surface area contributed by atoms with Crippen molar-refractivity contribution in [2.75, 3.05) is 18.6 Å². The Morgan fingerprint density at radius 1 is 1.06 bits per heavy atom. The molecule has 9 nitrogen and oxygen atoms in total. The topological polar surface area (TPSA) is 105 Å². The van der Waals surface area contributed by atoms with E-state index in [1.54, 1.807) is 62.4 Å². The van der Waals surface area contributed by atoms with Gasteiger partial charge in [-0.15, -0.1) is 0 Å². The van der Waals surface area contributed by atoms with E-state index in [1.807, 2.05) is 6.07 Å². The fourth-order valence-electron chi connectivity index (χ4n) is 3.22. The van der Waals surface area contributed by atoms with Gasteiger partial charge in [0.05, 0.1) is 19.2 Å². The van der Waals surface area contributed by atoms with Gasteiger partial charge < -0.3 is 9.47 Å². The van der Waals surface area contributed by atoms with Crippen LogP contribution in [0.4, 0.5) is 5.69 Å². The summed E-state index contributed by atoms with van der Waals surface area (Å²) >= 11 is 0. The lowest BCUT2D eigenvalue weighted by atomic mass is 10.1. The van der Waals surface area contributed by atoms with Gasteiger partial charge >= 0.3 is 0 Å². The number of benzene rings is 2. The van der Waals surface area contributed by atoms with Crippen LogP contribution in [0.25, 0.3) is 0 Å². The van der Waals surface area contributed by atoms with Crippen LogP contribution >= 0.6 is 0 Å². The molecule has 32 heavy (non-hydrogen) atoms. The van der Waals surface area contributed by atoms with Crippen LogP contribution in [-0.2, 0) is 19.2 Å². The minimum absolute atomic E-state index is 0.247. The lowest BCUT2D eigenvalue weighted by Gasteiger charge is -2.29. The number of imide groups is 1.